The SMILES string of the molecule is CCN(CC)CCOC(=O)[C@@H]1C[C@@H](NC(=O)Cc2ccccc2)c2c(Cl)cc(Cl)cc2N1.Cl. The second kappa shape index (κ2) is 13.0. The minimum Gasteiger partial charge on any atom is -0.463 e. The molecule has 0 unspecified atom stereocenters. The first kappa shape index (κ1) is 27.3. The van der Waals surface area contributed by atoms with Crippen molar-refractivity contribution in [3.05, 3.63) is 63.6 Å². The molecule has 2 aromatic carbocycles. The van der Waals surface area contributed by atoms with E-state index in [1.54, 1.807) is 12.1 Å². The van der Waals surface area contributed by atoms with E-state index in [0.717, 1.165) is 24.2 Å². The third kappa shape index (κ3) is 7.51. The molecule has 0 aliphatic carbocycles. The number of nitrogens with one attached hydrogen (secondary N) is 2. The van der Waals surface area contributed by atoms with Crippen LogP contribution in [0.15, 0.2) is 42.5 Å². The van der Waals surface area contributed by atoms with E-state index >= 15 is 0 Å². The molecule has 9 heteroatoms. The molecular formula is C24H30Cl3N3O3. The monoisotopic (exact) mass is 513 g/mol. The predicted octanol–water partition coefficient (Wildman–Crippen LogP) is 4.88. The highest BCUT2D eigenvalue weighted by molar-refractivity contribution is 6.35. The lowest BCUT2D eigenvalue weighted by molar-refractivity contribution is -0.145. The van der Waals surface area contributed by atoms with Crippen molar-refractivity contribution in [1.82, 2.24) is 10.2 Å². The Hall–Kier alpha value is -1.99. The Labute approximate surface area is 211 Å². The summed E-state index contributed by atoms with van der Waals surface area (Å²) in [7, 11) is 0. The maximum Gasteiger partial charge on any atom is 0.328 e. The average molecular weight is 515 g/mol. The Morgan fingerprint density at radius 2 is 1.85 bits per heavy atom. The quantitative estimate of drug-likeness (QED) is 0.467. The number of carbonyl (C=O) groups is 2. The van der Waals surface area contributed by atoms with Gasteiger partial charge >= 0.3 is 5.97 Å². The van der Waals surface area contributed by atoms with E-state index in [9.17, 15) is 9.59 Å². The molecule has 1 aliphatic rings. The molecule has 1 aliphatic heterocycles. The molecule has 1 heterocycles. The van der Waals surface area contributed by atoms with Crippen LogP contribution in [0.5, 0.6) is 0 Å². The van der Waals surface area contributed by atoms with E-state index < -0.39 is 12.1 Å². The lowest BCUT2D eigenvalue weighted by Crippen LogP contribution is -2.42. The summed E-state index contributed by atoms with van der Waals surface area (Å²) >= 11 is 12.7. The Morgan fingerprint density at radius 1 is 1.15 bits per heavy atom. The lowest BCUT2D eigenvalue weighted by Gasteiger charge is -2.33. The van der Waals surface area contributed by atoms with Crippen molar-refractivity contribution >= 4 is 53.2 Å². The third-order valence-corrected chi connectivity index (χ3v) is 6.15. The largest absolute Gasteiger partial charge is 0.463 e. The lowest BCUT2D eigenvalue weighted by atomic mass is 9.92. The number of rotatable bonds is 9. The normalized spacial score (nSPS) is 16.9. The number of carbonyl (C=O) groups excluding carboxylic acids is 2. The second-order valence-corrected chi connectivity index (χ2v) is 8.60. The summed E-state index contributed by atoms with van der Waals surface area (Å²) in [5, 5.41) is 7.12. The van der Waals surface area contributed by atoms with Gasteiger partial charge in [0.05, 0.1) is 12.5 Å². The minimum atomic E-state index is -0.615. The molecule has 0 radical (unpaired) electrons. The van der Waals surface area contributed by atoms with E-state index in [-0.39, 0.29) is 30.7 Å². The van der Waals surface area contributed by atoms with Crippen molar-refractivity contribution < 1.29 is 14.3 Å². The molecular weight excluding hydrogens is 485 g/mol. The van der Waals surface area contributed by atoms with Crippen LogP contribution in [0.3, 0.4) is 0 Å². The van der Waals surface area contributed by atoms with Gasteiger partial charge in [-0.3, -0.25) is 4.79 Å². The molecule has 2 aromatic rings. The van der Waals surface area contributed by atoms with Gasteiger partial charge in [0.1, 0.15) is 12.6 Å². The summed E-state index contributed by atoms with van der Waals surface area (Å²) in [6.07, 6.45) is 0.573. The second-order valence-electron chi connectivity index (χ2n) is 7.76. The zero-order valence-corrected chi connectivity index (χ0v) is 21.1. The predicted molar refractivity (Wildman–Crippen MR) is 136 cm³/mol. The Kier molecular flexibility index (Phi) is 10.8. The smallest absolute Gasteiger partial charge is 0.328 e. The molecule has 0 aromatic heterocycles. The number of likely N-dealkylation sites (N-methyl/N-ethyl adjacent to an activating group) is 1. The maximum absolute atomic E-state index is 12.8. The summed E-state index contributed by atoms with van der Waals surface area (Å²) in [5.74, 6) is -0.505. The fraction of sp³-hybridized carbons (Fsp3) is 0.417. The van der Waals surface area contributed by atoms with Crippen LogP contribution in [0.2, 0.25) is 10.0 Å². The first-order valence-corrected chi connectivity index (χ1v) is 11.6. The molecule has 2 atom stereocenters. The molecule has 1 amide bonds. The highest BCUT2D eigenvalue weighted by Gasteiger charge is 2.34. The standard InChI is InChI=1S/C24H29Cl2N3O3.ClH/c1-3-29(4-2)10-11-32-24(31)21-15-20(23-18(26)13-17(25)14-19(23)27-21)28-22(30)12-16-8-6-5-7-9-16;/h5-9,13-14,20-21,27H,3-4,10-12,15H2,1-2H3,(H,28,30);1H/t20-,21+;/m1./s1. The molecule has 180 valence electrons. The molecule has 0 saturated carbocycles. The number of amides is 1. The van der Waals surface area contributed by atoms with Crippen molar-refractivity contribution in [2.75, 3.05) is 31.6 Å². The molecule has 0 spiro atoms. The van der Waals surface area contributed by atoms with Crippen LogP contribution < -0.4 is 10.6 Å². The van der Waals surface area contributed by atoms with Crippen molar-refractivity contribution in [3.8, 4) is 0 Å². The van der Waals surface area contributed by atoms with Gasteiger partial charge in [-0.15, -0.1) is 12.4 Å². The number of ether oxygens (including phenoxy) is 1. The van der Waals surface area contributed by atoms with Gasteiger partial charge < -0.3 is 20.3 Å². The van der Waals surface area contributed by atoms with E-state index in [4.69, 9.17) is 27.9 Å². The van der Waals surface area contributed by atoms with Crippen molar-refractivity contribution in [2.24, 2.45) is 0 Å². The van der Waals surface area contributed by atoms with E-state index in [2.05, 4.69) is 29.4 Å². The molecule has 0 fully saturated rings. The van der Waals surface area contributed by atoms with Crippen LogP contribution in [0.1, 0.15) is 37.4 Å². The number of fused-ring (bicyclic) bond motifs is 1. The van der Waals surface area contributed by atoms with Crippen molar-refractivity contribution in [2.45, 2.75) is 38.8 Å². The summed E-state index contributed by atoms with van der Waals surface area (Å²) in [5.41, 5.74) is 2.27. The van der Waals surface area contributed by atoms with Gasteiger partial charge in [0.15, 0.2) is 0 Å². The molecule has 2 N–H and O–H groups in total. The van der Waals surface area contributed by atoms with Crippen LogP contribution in [0.4, 0.5) is 5.69 Å². The zero-order valence-electron chi connectivity index (χ0n) is 18.8. The number of halogens is 3. The summed E-state index contributed by atoms with van der Waals surface area (Å²) in [4.78, 5) is 27.7. The molecule has 6 nitrogen and oxygen atoms in total. The van der Waals surface area contributed by atoms with Gasteiger partial charge in [0.2, 0.25) is 5.91 Å². The number of nitrogens with zero attached hydrogens (tertiary/aromatic N) is 1. The van der Waals surface area contributed by atoms with Crippen LogP contribution in [0, 0.1) is 0 Å². The maximum atomic E-state index is 12.8. The number of hydrogen-bond donors (Lipinski definition) is 2. The van der Waals surface area contributed by atoms with E-state index in [0.29, 0.717) is 35.3 Å². The summed E-state index contributed by atoms with van der Waals surface area (Å²) in [6.45, 7) is 6.93. The average Bonchev–Trinajstić information content (AvgIpc) is 2.76. The first-order valence-electron chi connectivity index (χ1n) is 10.9. The topological polar surface area (TPSA) is 70.7 Å². The number of anilines is 1. The summed E-state index contributed by atoms with van der Waals surface area (Å²) in [6, 6.07) is 11.8. The number of esters is 1. The van der Waals surface area contributed by atoms with Gasteiger partial charge in [-0.05, 0) is 30.8 Å². The Bertz CT molecular complexity index is 939. The minimum absolute atomic E-state index is 0. The molecule has 3 rings (SSSR count). The third-order valence-electron chi connectivity index (χ3n) is 5.62. The fourth-order valence-corrected chi connectivity index (χ4v) is 4.51. The Morgan fingerprint density at radius 3 is 2.52 bits per heavy atom. The van der Waals surface area contributed by atoms with Gasteiger partial charge in [-0.2, -0.15) is 0 Å². The molecule has 0 bridgehead atoms. The number of benzene rings is 2. The fourth-order valence-electron chi connectivity index (χ4n) is 3.89. The summed E-state index contributed by atoms with van der Waals surface area (Å²) < 4.78 is 5.52. The van der Waals surface area contributed by atoms with Gasteiger partial charge in [0, 0.05) is 34.3 Å². The van der Waals surface area contributed by atoms with E-state index in [1.807, 2.05) is 30.3 Å². The van der Waals surface area contributed by atoms with Gasteiger partial charge in [0.25, 0.3) is 0 Å². The van der Waals surface area contributed by atoms with Crippen molar-refractivity contribution in [3.63, 3.8) is 0 Å². The molecule has 0 saturated heterocycles. The van der Waals surface area contributed by atoms with Crippen LogP contribution in [0.25, 0.3) is 0 Å². The Balaban J connectivity index is 0.00000385. The van der Waals surface area contributed by atoms with Gasteiger partial charge in [-0.25, -0.2) is 4.79 Å². The number of hydrogen-bond acceptors (Lipinski definition) is 5. The highest BCUT2D eigenvalue weighted by Crippen LogP contribution is 2.40. The van der Waals surface area contributed by atoms with Gasteiger partial charge in [-0.1, -0.05) is 67.4 Å². The van der Waals surface area contributed by atoms with Crippen LogP contribution in [-0.2, 0) is 20.7 Å². The molecule has 33 heavy (non-hydrogen) atoms. The zero-order chi connectivity index (χ0) is 23.1. The van der Waals surface area contributed by atoms with Crippen molar-refractivity contribution in [1.29, 1.82) is 0 Å². The van der Waals surface area contributed by atoms with Crippen LogP contribution in [-0.4, -0.2) is 49.1 Å². The first-order chi connectivity index (χ1) is 15.4. The highest BCUT2D eigenvalue weighted by atomic mass is 35.5. The van der Waals surface area contributed by atoms with Crippen LogP contribution >= 0.6 is 35.6 Å². The van der Waals surface area contributed by atoms with E-state index in [1.165, 1.54) is 0 Å².